The van der Waals surface area contributed by atoms with Crippen LogP contribution in [0.4, 0.5) is 61.5 Å². The van der Waals surface area contributed by atoms with E-state index >= 15 is 0 Å². The van der Waals surface area contributed by atoms with Crippen molar-refractivity contribution in [1.29, 1.82) is 0 Å². The van der Waals surface area contributed by atoms with Crippen molar-refractivity contribution in [3.63, 3.8) is 0 Å². The first-order valence-corrected chi connectivity index (χ1v) is 7.90. The monoisotopic (exact) mass is 510 g/mol. The second kappa shape index (κ2) is 9.07. The zero-order valence-corrected chi connectivity index (χ0v) is 15.5. The van der Waals surface area contributed by atoms with E-state index in [4.69, 9.17) is 0 Å². The molecule has 0 aromatic rings. The van der Waals surface area contributed by atoms with Crippen molar-refractivity contribution in [1.82, 2.24) is 0 Å². The van der Waals surface area contributed by atoms with Gasteiger partial charge in [0.05, 0.1) is 12.2 Å². The van der Waals surface area contributed by atoms with Crippen molar-refractivity contribution in [2.45, 2.75) is 74.9 Å². The summed E-state index contributed by atoms with van der Waals surface area (Å²) in [6.45, 7) is 1.28. The van der Waals surface area contributed by atoms with Crippen LogP contribution in [0.25, 0.3) is 0 Å². The molecule has 0 aromatic carbocycles. The van der Waals surface area contributed by atoms with Crippen LogP contribution in [0.3, 0.4) is 0 Å². The first-order chi connectivity index (χ1) is 13.8. The molecule has 0 amide bonds. The Labute approximate surface area is 168 Å². The molecule has 4 nitrogen and oxygen atoms in total. The summed E-state index contributed by atoms with van der Waals surface area (Å²) in [5.74, 6) is -33.0. The number of hydrogen-bond donors (Lipinski definition) is 0. The lowest BCUT2D eigenvalue weighted by Gasteiger charge is -2.28. The Hall–Kier alpha value is -2.04. The quantitative estimate of drug-likeness (QED) is 0.313. The van der Waals surface area contributed by atoms with E-state index in [1.807, 2.05) is 0 Å². The van der Waals surface area contributed by atoms with Crippen molar-refractivity contribution >= 4 is 11.9 Å². The number of ether oxygens (including phenoxy) is 2. The van der Waals surface area contributed by atoms with Gasteiger partial charge in [0.15, 0.2) is 0 Å². The predicted octanol–water partition coefficient (Wildman–Crippen LogP) is 5.30. The SMILES string of the molecule is CC(CCC(C)OC(=O)C(F)(F)C(F)(F)C(F)(F)F)OC(=O)C(F)(F)C(F)(F)C(F)(F)F. The molecule has 2 atom stereocenters. The Kier molecular flexibility index (Phi) is 8.49. The molecule has 0 aliphatic carbocycles. The van der Waals surface area contributed by atoms with Gasteiger partial charge < -0.3 is 9.47 Å². The van der Waals surface area contributed by atoms with Crippen LogP contribution in [-0.4, -0.2) is 60.2 Å². The number of carbonyl (C=O) groups is 2. The average molecular weight is 510 g/mol. The number of carbonyl (C=O) groups excluding carboxylic acids is 2. The molecule has 0 N–H and O–H groups in total. The summed E-state index contributed by atoms with van der Waals surface area (Å²) in [4.78, 5) is 22.0. The molecule has 0 aliphatic rings. The van der Waals surface area contributed by atoms with Gasteiger partial charge in [-0.25, -0.2) is 9.59 Å². The topological polar surface area (TPSA) is 52.6 Å². The minimum atomic E-state index is -6.84. The lowest BCUT2D eigenvalue weighted by molar-refractivity contribution is -0.349. The number of halogens is 14. The summed E-state index contributed by atoms with van der Waals surface area (Å²) in [6.07, 6.45) is -19.3. The summed E-state index contributed by atoms with van der Waals surface area (Å²) in [5, 5.41) is 0. The number of hydrogen-bond acceptors (Lipinski definition) is 4. The van der Waals surface area contributed by atoms with E-state index in [1.54, 1.807) is 0 Å². The minimum absolute atomic E-state index is 0.640. The maximum atomic E-state index is 13.1. The van der Waals surface area contributed by atoms with Gasteiger partial charge in [0.1, 0.15) is 0 Å². The maximum absolute atomic E-state index is 13.1. The first kappa shape index (κ1) is 30.0. The smallest absolute Gasteiger partial charge is 0.458 e. The second-order valence-corrected chi connectivity index (χ2v) is 6.30. The third-order valence-corrected chi connectivity index (χ3v) is 3.61. The summed E-state index contributed by atoms with van der Waals surface area (Å²) in [7, 11) is 0. The van der Waals surface area contributed by atoms with Crippen LogP contribution < -0.4 is 0 Å². The number of rotatable bonds is 9. The Bertz CT molecular complexity index is 624. The Morgan fingerprint density at radius 3 is 0.969 bits per heavy atom. The average Bonchev–Trinajstić information content (AvgIpc) is 2.57. The van der Waals surface area contributed by atoms with Crippen molar-refractivity contribution in [2.75, 3.05) is 0 Å². The molecule has 0 radical (unpaired) electrons. The van der Waals surface area contributed by atoms with Gasteiger partial charge in [-0.1, -0.05) is 0 Å². The molecule has 0 saturated carbocycles. The van der Waals surface area contributed by atoms with E-state index in [1.165, 1.54) is 0 Å². The normalized spacial score (nSPS) is 16.4. The molecule has 0 aliphatic heterocycles. The third kappa shape index (κ3) is 5.85. The summed E-state index contributed by atoms with van der Waals surface area (Å²) in [6, 6.07) is 0. The zero-order chi connectivity index (χ0) is 26.1. The molecule has 0 bridgehead atoms. The van der Waals surface area contributed by atoms with Crippen molar-refractivity contribution < 1.29 is 80.5 Å². The van der Waals surface area contributed by atoms with E-state index in [0.717, 1.165) is 0 Å². The molecule has 190 valence electrons. The van der Waals surface area contributed by atoms with Gasteiger partial charge in [-0.3, -0.25) is 0 Å². The fourth-order valence-corrected chi connectivity index (χ4v) is 1.71. The van der Waals surface area contributed by atoms with Gasteiger partial charge in [0.25, 0.3) is 0 Å². The third-order valence-electron chi connectivity index (χ3n) is 3.61. The van der Waals surface area contributed by atoms with E-state index in [9.17, 15) is 71.1 Å². The highest BCUT2D eigenvalue weighted by Gasteiger charge is 2.78. The molecule has 0 saturated heterocycles. The molecule has 18 heteroatoms. The van der Waals surface area contributed by atoms with Crippen LogP contribution >= 0.6 is 0 Å². The first-order valence-electron chi connectivity index (χ1n) is 7.90. The zero-order valence-electron chi connectivity index (χ0n) is 15.5. The molecule has 0 heterocycles. The van der Waals surface area contributed by atoms with Gasteiger partial charge in [-0.2, -0.15) is 61.5 Å². The van der Waals surface area contributed by atoms with Gasteiger partial charge in [-0.05, 0) is 26.7 Å². The molecule has 0 spiro atoms. The summed E-state index contributed by atoms with van der Waals surface area (Å²) >= 11 is 0. The Morgan fingerprint density at radius 2 is 0.781 bits per heavy atom. The van der Waals surface area contributed by atoms with Crippen LogP contribution in [0.2, 0.25) is 0 Å². The molecule has 0 aromatic heterocycles. The highest BCUT2D eigenvalue weighted by atomic mass is 19.4. The molecule has 0 rings (SSSR count). The van der Waals surface area contributed by atoms with Crippen molar-refractivity contribution in [3.8, 4) is 0 Å². The van der Waals surface area contributed by atoms with Crippen LogP contribution in [0, 0.1) is 0 Å². The second-order valence-electron chi connectivity index (χ2n) is 6.30. The molecular weight excluding hydrogens is 498 g/mol. The number of alkyl halides is 14. The standard InChI is InChI=1S/C14H12F14O4/c1-5(31-7(29)9(15,16)11(19,20)13(23,24)25)3-4-6(2)32-8(30)10(17,18)12(21,22)14(26,27)28/h5-6H,3-4H2,1-2H3. The Balaban J connectivity index is 5.01. The lowest BCUT2D eigenvalue weighted by Crippen LogP contribution is -2.57. The number of esters is 2. The molecule has 0 fully saturated rings. The lowest BCUT2D eigenvalue weighted by atomic mass is 10.1. The van der Waals surface area contributed by atoms with E-state index in [0.29, 0.717) is 13.8 Å². The van der Waals surface area contributed by atoms with Gasteiger partial charge in [-0.15, -0.1) is 0 Å². The van der Waals surface area contributed by atoms with Crippen molar-refractivity contribution in [3.05, 3.63) is 0 Å². The largest absolute Gasteiger partial charge is 0.460 e. The minimum Gasteiger partial charge on any atom is -0.458 e. The van der Waals surface area contributed by atoms with E-state index in [-0.39, 0.29) is 0 Å². The van der Waals surface area contributed by atoms with Gasteiger partial charge >= 0.3 is 48.0 Å². The van der Waals surface area contributed by atoms with Crippen LogP contribution in [0.1, 0.15) is 26.7 Å². The van der Waals surface area contributed by atoms with Crippen LogP contribution in [0.15, 0.2) is 0 Å². The van der Waals surface area contributed by atoms with Gasteiger partial charge in [0, 0.05) is 0 Å². The fourth-order valence-electron chi connectivity index (χ4n) is 1.71. The Morgan fingerprint density at radius 1 is 0.562 bits per heavy atom. The van der Waals surface area contributed by atoms with Crippen molar-refractivity contribution in [2.24, 2.45) is 0 Å². The highest BCUT2D eigenvalue weighted by molar-refractivity contribution is 5.79. The predicted molar refractivity (Wildman–Crippen MR) is 72.2 cm³/mol. The van der Waals surface area contributed by atoms with Crippen LogP contribution in [-0.2, 0) is 19.1 Å². The summed E-state index contributed by atoms with van der Waals surface area (Å²) in [5.41, 5.74) is 0. The highest BCUT2D eigenvalue weighted by Crippen LogP contribution is 2.48. The maximum Gasteiger partial charge on any atom is 0.460 e. The molecule has 32 heavy (non-hydrogen) atoms. The molecule has 2 unspecified atom stereocenters. The molecular formula is C14H12F14O4. The van der Waals surface area contributed by atoms with Gasteiger partial charge in [0.2, 0.25) is 0 Å². The van der Waals surface area contributed by atoms with Crippen LogP contribution in [0.5, 0.6) is 0 Å². The van der Waals surface area contributed by atoms with E-state index < -0.39 is 73.0 Å². The fraction of sp³-hybridized carbons (Fsp3) is 0.857. The summed E-state index contributed by atoms with van der Waals surface area (Å²) < 4.78 is 183. The van der Waals surface area contributed by atoms with E-state index in [2.05, 4.69) is 9.47 Å².